The molecule has 1 aromatic heterocycles. The van der Waals surface area contributed by atoms with Crippen molar-refractivity contribution in [1.29, 1.82) is 0 Å². The summed E-state index contributed by atoms with van der Waals surface area (Å²) in [5.41, 5.74) is 3.25. The van der Waals surface area contributed by atoms with Gasteiger partial charge in [-0.25, -0.2) is 9.99 Å². The highest BCUT2D eigenvalue weighted by Gasteiger charge is 2.14. The van der Waals surface area contributed by atoms with E-state index >= 15 is 0 Å². The average Bonchev–Trinajstić information content (AvgIpc) is 2.56. The molecule has 6 heteroatoms. The van der Waals surface area contributed by atoms with E-state index in [1.807, 2.05) is 5.38 Å². The zero-order valence-electron chi connectivity index (χ0n) is 8.03. The highest BCUT2D eigenvalue weighted by atomic mass is 35.5. The first-order valence-corrected chi connectivity index (χ1v) is 5.81. The monoisotopic (exact) mass is 232 g/mol. The molecule has 0 radical (unpaired) electrons. The van der Waals surface area contributed by atoms with Crippen LogP contribution in [0.2, 0.25) is 5.15 Å². The third-order valence-corrected chi connectivity index (χ3v) is 3.30. The SMILES string of the molecule is CN1CCN(Nc2nc(Cl)cs2)CC1. The van der Waals surface area contributed by atoms with Crippen LogP contribution < -0.4 is 5.43 Å². The molecule has 0 aromatic carbocycles. The lowest BCUT2D eigenvalue weighted by Crippen LogP contribution is -2.46. The van der Waals surface area contributed by atoms with Crippen molar-refractivity contribution < 1.29 is 0 Å². The van der Waals surface area contributed by atoms with Gasteiger partial charge in [-0.2, -0.15) is 0 Å². The number of thiazole rings is 1. The van der Waals surface area contributed by atoms with Gasteiger partial charge < -0.3 is 4.90 Å². The van der Waals surface area contributed by atoms with Crippen molar-refractivity contribution in [2.24, 2.45) is 0 Å². The molecule has 1 aliphatic heterocycles. The molecule has 0 saturated carbocycles. The molecule has 0 atom stereocenters. The Morgan fingerprint density at radius 2 is 2.14 bits per heavy atom. The van der Waals surface area contributed by atoms with E-state index < -0.39 is 0 Å². The predicted molar refractivity (Wildman–Crippen MR) is 59.8 cm³/mol. The lowest BCUT2D eigenvalue weighted by molar-refractivity contribution is 0.179. The maximum Gasteiger partial charge on any atom is 0.198 e. The molecule has 0 spiro atoms. The summed E-state index contributed by atoms with van der Waals surface area (Å²) >= 11 is 7.27. The number of hydrogen-bond acceptors (Lipinski definition) is 5. The molecule has 1 saturated heterocycles. The van der Waals surface area contributed by atoms with Crippen LogP contribution in [0.15, 0.2) is 5.38 Å². The molecule has 1 aromatic rings. The summed E-state index contributed by atoms with van der Waals surface area (Å²) in [6, 6.07) is 0. The molecule has 14 heavy (non-hydrogen) atoms. The van der Waals surface area contributed by atoms with Gasteiger partial charge in [-0.05, 0) is 7.05 Å². The molecular formula is C8H13ClN4S. The fourth-order valence-corrected chi connectivity index (χ4v) is 2.22. The van der Waals surface area contributed by atoms with Gasteiger partial charge in [0.05, 0.1) is 0 Å². The van der Waals surface area contributed by atoms with Crippen LogP contribution in [-0.2, 0) is 0 Å². The van der Waals surface area contributed by atoms with Crippen LogP contribution in [0.4, 0.5) is 5.13 Å². The third-order valence-electron chi connectivity index (χ3n) is 2.23. The van der Waals surface area contributed by atoms with Crippen LogP contribution in [0.25, 0.3) is 0 Å². The van der Waals surface area contributed by atoms with Gasteiger partial charge in [0, 0.05) is 31.6 Å². The number of aromatic nitrogens is 1. The molecule has 1 N–H and O–H groups in total. The Morgan fingerprint density at radius 3 is 2.71 bits per heavy atom. The fourth-order valence-electron chi connectivity index (χ4n) is 1.36. The van der Waals surface area contributed by atoms with Gasteiger partial charge in [-0.15, -0.1) is 11.3 Å². The van der Waals surface area contributed by atoms with Gasteiger partial charge >= 0.3 is 0 Å². The number of hydrazine groups is 1. The van der Waals surface area contributed by atoms with Gasteiger partial charge in [0.25, 0.3) is 0 Å². The summed E-state index contributed by atoms with van der Waals surface area (Å²) in [7, 11) is 2.14. The van der Waals surface area contributed by atoms with E-state index in [2.05, 4.69) is 27.4 Å². The van der Waals surface area contributed by atoms with Crippen LogP contribution in [-0.4, -0.2) is 48.1 Å². The van der Waals surface area contributed by atoms with Gasteiger partial charge in [0.2, 0.25) is 0 Å². The Hall–Kier alpha value is -0.360. The predicted octanol–water partition coefficient (Wildman–Crippen LogP) is 1.37. The largest absolute Gasteiger partial charge is 0.304 e. The normalized spacial score (nSPS) is 19.9. The van der Waals surface area contributed by atoms with Gasteiger partial charge in [-0.3, -0.25) is 5.43 Å². The molecule has 2 heterocycles. The first-order valence-electron chi connectivity index (χ1n) is 4.55. The van der Waals surface area contributed by atoms with Crippen molar-refractivity contribution in [3.8, 4) is 0 Å². The Morgan fingerprint density at radius 1 is 1.43 bits per heavy atom. The fraction of sp³-hybridized carbons (Fsp3) is 0.625. The highest BCUT2D eigenvalue weighted by Crippen LogP contribution is 2.19. The number of nitrogens with zero attached hydrogens (tertiary/aromatic N) is 3. The van der Waals surface area contributed by atoms with E-state index in [1.165, 1.54) is 11.3 Å². The summed E-state index contributed by atoms with van der Waals surface area (Å²) in [5, 5.41) is 5.45. The van der Waals surface area contributed by atoms with E-state index in [-0.39, 0.29) is 0 Å². The lowest BCUT2D eigenvalue weighted by atomic mass is 10.4. The number of anilines is 1. The number of halogens is 1. The summed E-state index contributed by atoms with van der Waals surface area (Å²) in [5.74, 6) is 0. The zero-order chi connectivity index (χ0) is 9.97. The van der Waals surface area contributed by atoms with Crippen molar-refractivity contribution in [2.45, 2.75) is 0 Å². The van der Waals surface area contributed by atoms with Crippen molar-refractivity contribution in [2.75, 3.05) is 38.7 Å². The summed E-state index contributed by atoms with van der Waals surface area (Å²) < 4.78 is 0. The number of likely N-dealkylation sites (N-methyl/N-ethyl adjacent to an activating group) is 1. The Balaban J connectivity index is 1.86. The van der Waals surface area contributed by atoms with E-state index in [4.69, 9.17) is 11.6 Å². The standard InChI is InChI=1S/C8H13ClN4S/c1-12-2-4-13(5-3-12)11-8-10-7(9)6-14-8/h6H,2-5H2,1H3,(H,10,11). The first-order chi connectivity index (χ1) is 6.74. The molecule has 2 rings (SSSR count). The van der Waals surface area contributed by atoms with Gasteiger partial charge in [0.15, 0.2) is 5.13 Å². The van der Waals surface area contributed by atoms with Crippen LogP contribution in [0.3, 0.4) is 0 Å². The third kappa shape index (κ3) is 2.57. The van der Waals surface area contributed by atoms with Crippen LogP contribution in [0, 0.1) is 0 Å². The van der Waals surface area contributed by atoms with Crippen molar-refractivity contribution in [3.63, 3.8) is 0 Å². The second-order valence-electron chi connectivity index (χ2n) is 3.38. The van der Waals surface area contributed by atoms with Crippen molar-refractivity contribution in [1.82, 2.24) is 14.9 Å². The Kier molecular flexibility index (Phi) is 3.22. The van der Waals surface area contributed by atoms with Crippen molar-refractivity contribution in [3.05, 3.63) is 10.5 Å². The van der Waals surface area contributed by atoms with E-state index in [1.54, 1.807) is 0 Å². The molecule has 0 aliphatic carbocycles. The second kappa shape index (κ2) is 4.44. The molecule has 4 nitrogen and oxygen atoms in total. The van der Waals surface area contributed by atoms with E-state index in [9.17, 15) is 0 Å². The number of rotatable bonds is 2. The maximum atomic E-state index is 5.73. The Bertz CT molecular complexity index is 295. The van der Waals surface area contributed by atoms with Gasteiger partial charge in [0.1, 0.15) is 5.15 Å². The average molecular weight is 233 g/mol. The molecule has 0 unspecified atom stereocenters. The quantitative estimate of drug-likeness (QED) is 0.835. The molecule has 1 fully saturated rings. The molecule has 1 aliphatic rings. The molecule has 0 amide bonds. The topological polar surface area (TPSA) is 31.4 Å². The van der Waals surface area contributed by atoms with Crippen molar-refractivity contribution >= 4 is 28.1 Å². The minimum absolute atomic E-state index is 0.562. The maximum absolute atomic E-state index is 5.73. The lowest BCUT2D eigenvalue weighted by Gasteiger charge is -2.32. The second-order valence-corrected chi connectivity index (χ2v) is 4.62. The zero-order valence-corrected chi connectivity index (χ0v) is 9.61. The molecular weight excluding hydrogens is 220 g/mol. The van der Waals surface area contributed by atoms with Crippen LogP contribution in [0.5, 0.6) is 0 Å². The molecule has 78 valence electrons. The molecule has 0 bridgehead atoms. The number of hydrogen-bond donors (Lipinski definition) is 1. The highest BCUT2D eigenvalue weighted by molar-refractivity contribution is 7.14. The van der Waals surface area contributed by atoms with E-state index in [0.29, 0.717) is 5.15 Å². The summed E-state index contributed by atoms with van der Waals surface area (Å²) in [6.45, 7) is 4.22. The van der Waals surface area contributed by atoms with Crippen LogP contribution >= 0.6 is 22.9 Å². The van der Waals surface area contributed by atoms with Crippen LogP contribution in [0.1, 0.15) is 0 Å². The minimum atomic E-state index is 0.562. The minimum Gasteiger partial charge on any atom is -0.304 e. The number of nitrogens with one attached hydrogen (secondary N) is 1. The number of piperazine rings is 1. The summed E-state index contributed by atoms with van der Waals surface area (Å²) in [4.78, 5) is 6.45. The van der Waals surface area contributed by atoms with E-state index in [0.717, 1.165) is 31.3 Å². The van der Waals surface area contributed by atoms with Gasteiger partial charge in [-0.1, -0.05) is 11.6 Å². The first kappa shape index (κ1) is 10.2. The summed E-state index contributed by atoms with van der Waals surface area (Å²) in [6.07, 6.45) is 0. The smallest absolute Gasteiger partial charge is 0.198 e. The Labute approximate surface area is 92.5 Å².